The number of aromatic amines is 1. The van der Waals surface area contributed by atoms with Gasteiger partial charge in [-0.15, -0.1) is 0 Å². The maximum Gasteiger partial charge on any atom is 0.214 e. The lowest BCUT2D eigenvalue weighted by Crippen LogP contribution is -1.85. The van der Waals surface area contributed by atoms with Crippen LogP contribution in [0.15, 0.2) is 77.8 Å². The smallest absolute Gasteiger partial charge is 0.214 e. The summed E-state index contributed by atoms with van der Waals surface area (Å²) in [6, 6.07) is 25.0. The quantitative estimate of drug-likeness (QED) is 0.401. The lowest BCUT2D eigenvalue weighted by molar-refractivity contribution is 1.22. The Morgan fingerprint density at radius 3 is 2.29 bits per heavy atom. The number of rotatable bonds is 3. The first-order valence-electron chi connectivity index (χ1n) is 9.36. The minimum Gasteiger partial charge on any atom is -0.323 e. The highest BCUT2D eigenvalue weighted by molar-refractivity contribution is 5.89. The van der Waals surface area contributed by atoms with Gasteiger partial charge in [-0.3, -0.25) is 4.40 Å². The molecule has 0 aliphatic heterocycles. The Morgan fingerprint density at radius 1 is 0.857 bits per heavy atom. The summed E-state index contributed by atoms with van der Waals surface area (Å²) in [5.41, 5.74) is 7.58. The third kappa shape index (κ3) is 2.79. The highest BCUT2D eigenvalue weighted by Gasteiger charge is 2.17. The number of benzene rings is 3. The molecular formula is C24H20N4. The third-order valence-electron chi connectivity index (χ3n) is 4.98. The first-order chi connectivity index (χ1) is 13.7. The average molecular weight is 364 g/mol. The van der Waals surface area contributed by atoms with E-state index in [0.717, 1.165) is 39.4 Å². The van der Waals surface area contributed by atoms with Crippen molar-refractivity contribution in [1.29, 1.82) is 0 Å². The molecule has 0 saturated heterocycles. The number of hydrogen-bond donors (Lipinski definition) is 1. The van der Waals surface area contributed by atoms with Crippen LogP contribution in [0.2, 0.25) is 0 Å². The van der Waals surface area contributed by atoms with Gasteiger partial charge in [0.2, 0.25) is 5.78 Å². The van der Waals surface area contributed by atoms with Crippen molar-refractivity contribution in [3.8, 4) is 11.3 Å². The van der Waals surface area contributed by atoms with E-state index in [1.807, 2.05) is 18.3 Å². The Labute approximate surface area is 163 Å². The summed E-state index contributed by atoms with van der Waals surface area (Å²) in [6.07, 6.45) is 1.91. The molecule has 0 aliphatic carbocycles. The van der Waals surface area contributed by atoms with Gasteiger partial charge in [-0.2, -0.15) is 0 Å². The van der Waals surface area contributed by atoms with Gasteiger partial charge < -0.3 is 4.98 Å². The molecule has 5 rings (SSSR count). The van der Waals surface area contributed by atoms with Crippen molar-refractivity contribution < 1.29 is 0 Å². The molecule has 0 spiro atoms. The number of H-pyrrole nitrogens is 1. The molecule has 3 aromatic carbocycles. The molecule has 0 radical (unpaired) electrons. The summed E-state index contributed by atoms with van der Waals surface area (Å²) in [5, 5.41) is 0. The van der Waals surface area contributed by atoms with E-state index in [1.54, 1.807) is 0 Å². The molecule has 28 heavy (non-hydrogen) atoms. The van der Waals surface area contributed by atoms with Gasteiger partial charge in [-0.1, -0.05) is 71.8 Å². The van der Waals surface area contributed by atoms with Gasteiger partial charge in [-0.05, 0) is 31.5 Å². The summed E-state index contributed by atoms with van der Waals surface area (Å²) < 4.78 is 2.09. The van der Waals surface area contributed by atoms with Crippen LogP contribution in [-0.2, 0) is 0 Å². The summed E-state index contributed by atoms with van der Waals surface area (Å²) in [4.78, 5) is 13.1. The standard InChI is InChI=1S/C24H20N4/c1-16-7-11-18(12-8-16)15-25-23-22(19-13-9-17(2)10-14-19)27-24-26-20-5-3-4-6-21(20)28(23)24/h3-15H,1-2H3,(H,26,27)/b25-15+. The van der Waals surface area contributed by atoms with E-state index in [0.29, 0.717) is 0 Å². The van der Waals surface area contributed by atoms with Gasteiger partial charge >= 0.3 is 0 Å². The minimum atomic E-state index is 0.799. The fourth-order valence-electron chi connectivity index (χ4n) is 3.43. The zero-order chi connectivity index (χ0) is 19.1. The van der Waals surface area contributed by atoms with Gasteiger partial charge in [0.25, 0.3) is 0 Å². The van der Waals surface area contributed by atoms with Crippen molar-refractivity contribution in [2.75, 3.05) is 0 Å². The Bertz CT molecular complexity index is 1300. The molecule has 0 aliphatic rings. The Morgan fingerprint density at radius 2 is 1.54 bits per heavy atom. The maximum absolute atomic E-state index is 4.87. The van der Waals surface area contributed by atoms with Crippen LogP contribution < -0.4 is 0 Å². The van der Waals surface area contributed by atoms with E-state index in [-0.39, 0.29) is 0 Å². The second-order valence-electron chi connectivity index (χ2n) is 7.12. The summed E-state index contributed by atoms with van der Waals surface area (Å²) in [6.45, 7) is 4.17. The molecule has 1 N–H and O–H groups in total. The van der Waals surface area contributed by atoms with E-state index >= 15 is 0 Å². The Balaban J connectivity index is 1.73. The molecule has 5 aromatic rings. The number of aliphatic imine (C=N–C) groups is 1. The van der Waals surface area contributed by atoms with Crippen molar-refractivity contribution in [1.82, 2.24) is 14.4 Å². The first kappa shape index (κ1) is 16.5. The molecule has 4 heteroatoms. The molecule has 0 unspecified atom stereocenters. The summed E-state index contributed by atoms with van der Waals surface area (Å²) >= 11 is 0. The molecule has 0 atom stereocenters. The van der Waals surface area contributed by atoms with Gasteiger partial charge in [0, 0.05) is 11.8 Å². The first-order valence-corrected chi connectivity index (χ1v) is 9.36. The number of nitrogens with zero attached hydrogens (tertiary/aromatic N) is 3. The van der Waals surface area contributed by atoms with Crippen LogP contribution in [0.3, 0.4) is 0 Å². The number of nitrogens with one attached hydrogen (secondary N) is 1. The van der Waals surface area contributed by atoms with Crippen molar-refractivity contribution in [3.63, 3.8) is 0 Å². The van der Waals surface area contributed by atoms with Gasteiger partial charge in [-0.25, -0.2) is 9.98 Å². The number of para-hydroxylation sites is 2. The molecule has 2 heterocycles. The van der Waals surface area contributed by atoms with Crippen LogP contribution >= 0.6 is 0 Å². The van der Waals surface area contributed by atoms with Crippen LogP contribution in [0.4, 0.5) is 5.82 Å². The number of aryl methyl sites for hydroxylation is 2. The van der Waals surface area contributed by atoms with Crippen molar-refractivity contribution in [2.45, 2.75) is 13.8 Å². The monoisotopic (exact) mass is 364 g/mol. The number of fused-ring (bicyclic) bond motifs is 3. The van der Waals surface area contributed by atoms with Crippen LogP contribution in [0, 0.1) is 13.8 Å². The van der Waals surface area contributed by atoms with Gasteiger partial charge in [0.1, 0.15) is 5.69 Å². The molecule has 2 aromatic heterocycles. The minimum absolute atomic E-state index is 0.799. The second-order valence-corrected chi connectivity index (χ2v) is 7.12. The topological polar surface area (TPSA) is 45.5 Å². The van der Waals surface area contributed by atoms with Crippen molar-refractivity contribution in [3.05, 3.63) is 89.5 Å². The summed E-state index contributed by atoms with van der Waals surface area (Å²) in [7, 11) is 0. The molecular weight excluding hydrogens is 344 g/mol. The zero-order valence-corrected chi connectivity index (χ0v) is 15.8. The largest absolute Gasteiger partial charge is 0.323 e. The van der Waals surface area contributed by atoms with E-state index in [9.17, 15) is 0 Å². The second kappa shape index (κ2) is 6.50. The van der Waals surface area contributed by atoms with E-state index in [1.165, 1.54) is 11.1 Å². The average Bonchev–Trinajstić information content (AvgIpc) is 3.24. The van der Waals surface area contributed by atoms with E-state index in [2.05, 4.69) is 83.9 Å². The fraction of sp³-hybridized carbons (Fsp3) is 0.0833. The highest BCUT2D eigenvalue weighted by atomic mass is 15.2. The molecule has 4 nitrogen and oxygen atoms in total. The van der Waals surface area contributed by atoms with E-state index < -0.39 is 0 Å². The van der Waals surface area contributed by atoms with Crippen LogP contribution in [0.5, 0.6) is 0 Å². The molecule has 0 bridgehead atoms. The maximum atomic E-state index is 4.87. The predicted octanol–water partition coefficient (Wildman–Crippen LogP) is 5.85. The predicted molar refractivity (Wildman–Crippen MR) is 116 cm³/mol. The number of hydrogen-bond acceptors (Lipinski definition) is 2. The van der Waals surface area contributed by atoms with Crippen LogP contribution in [0.1, 0.15) is 16.7 Å². The van der Waals surface area contributed by atoms with Crippen molar-refractivity contribution >= 4 is 28.8 Å². The Kier molecular flexibility index (Phi) is 3.83. The SMILES string of the molecule is Cc1ccc(/C=N/c2c(-c3ccc(C)cc3)nc3[nH]c4ccccc4n23)cc1. The molecule has 0 saturated carbocycles. The normalized spacial score (nSPS) is 11.8. The molecule has 0 fully saturated rings. The lowest BCUT2D eigenvalue weighted by atomic mass is 10.1. The zero-order valence-electron chi connectivity index (χ0n) is 15.8. The lowest BCUT2D eigenvalue weighted by Gasteiger charge is -2.02. The third-order valence-corrected chi connectivity index (χ3v) is 4.98. The van der Waals surface area contributed by atoms with E-state index in [4.69, 9.17) is 9.98 Å². The van der Waals surface area contributed by atoms with Crippen LogP contribution in [0.25, 0.3) is 28.1 Å². The van der Waals surface area contributed by atoms with Crippen molar-refractivity contribution in [2.24, 2.45) is 4.99 Å². The fourth-order valence-corrected chi connectivity index (χ4v) is 3.43. The van der Waals surface area contributed by atoms with Gasteiger partial charge in [0.05, 0.1) is 11.0 Å². The van der Waals surface area contributed by atoms with Gasteiger partial charge in [0.15, 0.2) is 5.82 Å². The highest BCUT2D eigenvalue weighted by Crippen LogP contribution is 2.33. The molecule has 136 valence electrons. The Hall–Kier alpha value is -3.66. The van der Waals surface area contributed by atoms with Crippen LogP contribution in [-0.4, -0.2) is 20.6 Å². The molecule has 0 amide bonds. The number of imidazole rings is 2. The summed E-state index contributed by atoms with van der Waals surface area (Å²) in [5.74, 6) is 1.63. The number of aromatic nitrogens is 3.